The van der Waals surface area contributed by atoms with Crippen LogP contribution in [0.2, 0.25) is 0 Å². The molecule has 0 saturated carbocycles. The number of rotatable bonds is 4. The van der Waals surface area contributed by atoms with Crippen molar-refractivity contribution < 1.29 is 14.3 Å². The number of carboxylic acids is 1. The van der Waals surface area contributed by atoms with Gasteiger partial charge in [-0.1, -0.05) is 18.7 Å². The standard InChI is InChI=1S/C7H10N2O3S/c1-3-5-8-9-7(12-5)13-4(2)6(10)11/h4H,3H2,1-2H3,(H,10,11). The molecule has 0 aromatic carbocycles. The molecule has 1 unspecified atom stereocenters. The highest BCUT2D eigenvalue weighted by Gasteiger charge is 2.16. The minimum absolute atomic E-state index is 0.312. The molecule has 0 amide bonds. The molecule has 0 saturated heterocycles. The Balaban J connectivity index is 2.58. The van der Waals surface area contributed by atoms with Crippen molar-refractivity contribution in [3.63, 3.8) is 0 Å². The summed E-state index contributed by atoms with van der Waals surface area (Å²) < 4.78 is 5.13. The first-order valence-electron chi connectivity index (χ1n) is 3.85. The summed E-state index contributed by atoms with van der Waals surface area (Å²) in [6.45, 7) is 3.46. The zero-order valence-corrected chi connectivity index (χ0v) is 8.17. The molecule has 1 N–H and O–H groups in total. The Morgan fingerprint density at radius 1 is 1.69 bits per heavy atom. The Bertz CT molecular complexity index is 300. The van der Waals surface area contributed by atoms with E-state index < -0.39 is 11.2 Å². The molecular formula is C7H10N2O3S. The Labute approximate surface area is 79.5 Å². The predicted molar refractivity (Wildman–Crippen MR) is 46.6 cm³/mol. The van der Waals surface area contributed by atoms with Crippen LogP contribution in [0.1, 0.15) is 19.7 Å². The van der Waals surface area contributed by atoms with Crippen molar-refractivity contribution in [1.29, 1.82) is 0 Å². The van der Waals surface area contributed by atoms with Gasteiger partial charge in [0.2, 0.25) is 5.89 Å². The Morgan fingerprint density at radius 2 is 2.38 bits per heavy atom. The summed E-state index contributed by atoms with van der Waals surface area (Å²) in [5.74, 6) is -0.360. The number of thioether (sulfide) groups is 1. The molecule has 1 heterocycles. The number of aromatic nitrogens is 2. The smallest absolute Gasteiger partial charge is 0.316 e. The van der Waals surface area contributed by atoms with E-state index in [1.165, 1.54) is 0 Å². The van der Waals surface area contributed by atoms with Gasteiger partial charge in [0.25, 0.3) is 5.22 Å². The van der Waals surface area contributed by atoms with Crippen LogP contribution >= 0.6 is 11.8 Å². The second-order valence-electron chi connectivity index (χ2n) is 2.41. The van der Waals surface area contributed by atoms with Gasteiger partial charge in [-0.3, -0.25) is 4.79 Å². The molecule has 1 rings (SSSR count). The maximum Gasteiger partial charge on any atom is 0.316 e. The van der Waals surface area contributed by atoms with Crippen molar-refractivity contribution in [1.82, 2.24) is 10.2 Å². The van der Waals surface area contributed by atoms with Gasteiger partial charge in [-0.25, -0.2) is 0 Å². The normalized spacial score (nSPS) is 12.8. The van der Waals surface area contributed by atoms with Gasteiger partial charge in [-0.15, -0.1) is 10.2 Å². The van der Waals surface area contributed by atoms with Crippen LogP contribution in [-0.2, 0) is 11.2 Å². The lowest BCUT2D eigenvalue weighted by Crippen LogP contribution is -2.10. The topological polar surface area (TPSA) is 76.2 Å². The number of hydrogen-bond donors (Lipinski definition) is 1. The van der Waals surface area contributed by atoms with Gasteiger partial charge in [-0.2, -0.15) is 0 Å². The van der Waals surface area contributed by atoms with Crippen LogP contribution in [0.4, 0.5) is 0 Å². The Kier molecular flexibility index (Phi) is 3.30. The summed E-state index contributed by atoms with van der Waals surface area (Å²) in [5.41, 5.74) is 0. The van der Waals surface area contributed by atoms with E-state index in [-0.39, 0.29) is 0 Å². The summed E-state index contributed by atoms with van der Waals surface area (Å²) in [6, 6.07) is 0. The molecule has 0 fully saturated rings. The fraction of sp³-hybridized carbons (Fsp3) is 0.571. The number of carbonyl (C=O) groups is 1. The molecule has 0 radical (unpaired) electrons. The molecule has 72 valence electrons. The van der Waals surface area contributed by atoms with Crippen LogP contribution < -0.4 is 0 Å². The van der Waals surface area contributed by atoms with Gasteiger partial charge in [-0.05, 0) is 6.92 Å². The minimum atomic E-state index is -0.888. The number of aryl methyl sites for hydroxylation is 1. The largest absolute Gasteiger partial charge is 0.480 e. The molecule has 13 heavy (non-hydrogen) atoms. The molecule has 0 aliphatic carbocycles. The van der Waals surface area contributed by atoms with Gasteiger partial charge in [0.05, 0.1) is 0 Å². The summed E-state index contributed by atoms with van der Waals surface area (Å²) in [7, 11) is 0. The van der Waals surface area contributed by atoms with Crippen molar-refractivity contribution in [3.05, 3.63) is 5.89 Å². The molecule has 0 aliphatic heterocycles. The van der Waals surface area contributed by atoms with Gasteiger partial charge in [0, 0.05) is 6.42 Å². The van der Waals surface area contributed by atoms with Crippen LogP contribution in [-0.4, -0.2) is 26.5 Å². The highest BCUT2D eigenvalue weighted by molar-refractivity contribution is 8.00. The van der Waals surface area contributed by atoms with E-state index >= 15 is 0 Å². The van der Waals surface area contributed by atoms with Crippen molar-refractivity contribution in [2.75, 3.05) is 0 Å². The van der Waals surface area contributed by atoms with Crippen molar-refractivity contribution in [2.24, 2.45) is 0 Å². The molecule has 0 aliphatic rings. The number of carboxylic acid groups (broad SMARTS) is 1. The minimum Gasteiger partial charge on any atom is -0.480 e. The zero-order valence-electron chi connectivity index (χ0n) is 7.35. The van der Waals surface area contributed by atoms with Crippen molar-refractivity contribution >= 4 is 17.7 Å². The highest BCUT2D eigenvalue weighted by Crippen LogP contribution is 2.21. The van der Waals surface area contributed by atoms with Gasteiger partial charge < -0.3 is 9.52 Å². The lowest BCUT2D eigenvalue weighted by atomic mass is 10.5. The van der Waals surface area contributed by atoms with E-state index in [9.17, 15) is 4.79 Å². The maximum absolute atomic E-state index is 10.5. The van der Waals surface area contributed by atoms with Crippen LogP contribution in [0, 0.1) is 0 Å². The Morgan fingerprint density at radius 3 is 2.85 bits per heavy atom. The first-order chi connectivity index (χ1) is 6.13. The number of hydrogen-bond acceptors (Lipinski definition) is 5. The van der Waals surface area contributed by atoms with E-state index in [1.54, 1.807) is 6.92 Å². The third-order valence-electron chi connectivity index (χ3n) is 1.38. The molecular weight excluding hydrogens is 192 g/mol. The third kappa shape index (κ3) is 2.73. The quantitative estimate of drug-likeness (QED) is 0.739. The second-order valence-corrected chi connectivity index (χ2v) is 3.71. The SMILES string of the molecule is CCc1nnc(SC(C)C(=O)O)o1. The average molecular weight is 202 g/mol. The number of aliphatic carboxylic acids is 1. The molecule has 1 atom stereocenters. The van der Waals surface area contributed by atoms with Crippen molar-refractivity contribution in [2.45, 2.75) is 30.7 Å². The summed E-state index contributed by atoms with van der Waals surface area (Å²) >= 11 is 1.05. The van der Waals surface area contributed by atoms with Gasteiger partial charge in [0.15, 0.2) is 0 Å². The first kappa shape index (κ1) is 10.0. The third-order valence-corrected chi connectivity index (χ3v) is 2.30. The van der Waals surface area contributed by atoms with Crippen molar-refractivity contribution in [3.8, 4) is 0 Å². The Hall–Kier alpha value is -1.04. The molecule has 6 heteroatoms. The molecule has 1 aromatic heterocycles. The molecule has 1 aromatic rings. The fourth-order valence-corrected chi connectivity index (χ4v) is 1.27. The van der Waals surface area contributed by atoms with E-state index in [4.69, 9.17) is 9.52 Å². The highest BCUT2D eigenvalue weighted by atomic mass is 32.2. The zero-order chi connectivity index (χ0) is 9.84. The average Bonchev–Trinajstić information content (AvgIpc) is 2.52. The maximum atomic E-state index is 10.5. The lowest BCUT2D eigenvalue weighted by Gasteiger charge is -1.99. The van der Waals surface area contributed by atoms with E-state index in [1.807, 2.05) is 6.92 Å². The monoisotopic (exact) mass is 202 g/mol. The van der Waals surface area contributed by atoms with E-state index in [0.29, 0.717) is 17.5 Å². The second kappa shape index (κ2) is 4.27. The summed E-state index contributed by atoms with van der Waals surface area (Å²) in [5, 5.41) is 15.8. The predicted octanol–water partition coefficient (Wildman–Crippen LogP) is 1.20. The number of nitrogens with zero attached hydrogens (tertiary/aromatic N) is 2. The molecule has 0 bridgehead atoms. The van der Waals surface area contributed by atoms with E-state index in [2.05, 4.69) is 10.2 Å². The summed E-state index contributed by atoms with van der Waals surface area (Å²) in [4.78, 5) is 10.5. The molecule has 5 nitrogen and oxygen atoms in total. The van der Waals surface area contributed by atoms with Gasteiger partial charge in [0.1, 0.15) is 5.25 Å². The fourth-order valence-electron chi connectivity index (χ4n) is 0.630. The molecule has 0 spiro atoms. The van der Waals surface area contributed by atoms with Crippen LogP contribution in [0.25, 0.3) is 0 Å². The first-order valence-corrected chi connectivity index (χ1v) is 4.73. The van der Waals surface area contributed by atoms with Gasteiger partial charge >= 0.3 is 5.97 Å². The van der Waals surface area contributed by atoms with E-state index in [0.717, 1.165) is 11.8 Å². The van der Waals surface area contributed by atoms with Crippen LogP contribution in [0.15, 0.2) is 9.64 Å². The van der Waals surface area contributed by atoms with Crippen LogP contribution in [0.3, 0.4) is 0 Å². The van der Waals surface area contributed by atoms with Crippen LogP contribution in [0.5, 0.6) is 0 Å². The lowest BCUT2D eigenvalue weighted by molar-refractivity contribution is -0.136. The summed E-state index contributed by atoms with van der Waals surface area (Å²) in [6.07, 6.45) is 0.662.